The molecule has 3 aromatic rings. The van der Waals surface area contributed by atoms with E-state index in [0.29, 0.717) is 28.5 Å². The number of nitrogens with one attached hydrogen (secondary N) is 1. The lowest BCUT2D eigenvalue weighted by molar-refractivity contribution is 0.0955. The van der Waals surface area contributed by atoms with Gasteiger partial charge in [-0.3, -0.25) is 4.79 Å². The molecule has 1 aromatic heterocycles. The first-order valence-corrected chi connectivity index (χ1v) is 8.28. The van der Waals surface area contributed by atoms with Gasteiger partial charge in [0.25, 0.3) is 5.91 Å². The second kappa shape index (κ2) is 7.93. The summed E-state index contributed by atoms with van der Waals surface area (Å²) in [4.78, 5) is 12.0. The minimum Gasteiger partial charge on any atom is -0.267 e. The summed E-state index contributed by atoms with van der Waals surface area (Å²) in [5.41, 5.74) is 5.10. The van der Waals surface area contributed by atoms with Crippen LogP contribution in [0.1, 0.15) is 27.2 Å². The van der Waals surface area contributed by atoms with E-state index < -0.39 is 11.7 Å². The lowest BCUT2D eigenvalue weighted by atomic mass is 10.2. The molecule has 0 aliphatic carbocycles. The highest BCUT2D eigenvalue weighted by Crippen LogP contribution is 2.19. The Morgan fingerprint density at radius 2 is 1.92 bits per heavy atom. The van der Waals surface area contributed by atoms with Gasteiger partial charge < -0.3 is 0 Å². The number of benzene rings is 2. The highest BCUT2D eigenvalue weighted by atomic mass is 35.5. The first-order chi connectivity index (χ1) is 12.5. The Bertz CT molecular complexity index is 936. The summed E-state index contributed by atoms with van der Waals surface area (Å²) in [6.45, 7) is 2.35. The summed E-state index contributed by atoms with van der Waals surface area (Å²) in [6.07, 6.45) is 1.45. The van der Waals surface area contributed by atoms with Crippen LogP contribution in [-0.2, 0) is 6.54 Å². The van der Waals surface area contributed by atoms with Crippen LogP contribution in [0.5, 0.6) is 0 Å². The lowest BCUT2D eigenvalue weighted by Gasteiger charge is -2.03. The van der Waals surface area contributed by atoms with E-state index in [1.165, 1.54) is 30.5 Å². The van der Waals surface area contributed by atoms with Gasteiger partial charge in [0, 0.05) is 5.56 Å². The first kappa shape index (κ1) is 17.8. The molecule has 0 saturated heterocycles. The molecule has 0 bridgehead atoms. The Balaban J connectivity index is 1.70. The predicted octanol–water partition coefficient (Wildman–Crippen LogP) is 3.80. The molecular formula is C19H16ClFN4O. The minimum absolute atomic E-state index is 0.311. The number of aromatic nitrogens is 2. The van der Waals surface area contributed by atoms with Crippen LogP contribution in [-0.4, -0.2) is 21.9 Å². The van der Waals surface area contributed by atoms with Gasteiger partial charge in [-0.15, -0.1) is 0 Å². The van der Waals surface area contributed by atoms with Gasteiger partial charge in [-0.2, -0.15) is 10.2 Å². The molecule has 0 atom stereocenters. The predicted molar refractivity (Wildman–Crippen MR) is 99.0 cm³/mol. The maximum absolute atomic E-state index is 12.9. The maximum Gasteiger partial charge on any atom is 0.271 e. The molecular weight excluding hydrogens is 355 g/mol. The van der Waals surface area contributed by atoms with E-state index in [2.05, 4.69) is 15.6 Å². The highest BCUT2D eigenvalue weighted by molar-refractivity contribution is 6.32. The Labute approximate surface area is 155 Å². The minimum atomic E-state index is -0.438. The van der Waals surface area contributed by atoms with Crippen LogP contribution in [0.4, 0.5) is 4.39 Å². The fourth-order valence-corrected chi connectivity index (χ4v) is 2.68. The summed E-state index contributed by atoms with van der Waals surface area (Å²) >= 11 is 6.38. The topological polar surface area (TPSA) is 59.3 Å². The third-order valence-electron chi connectivity index (χ3n) is 3.75. The van der Waals surface area contributed by atoms with Crippen molar-refractivity contribution in [1.82, 2.24) is 15.2 Å². The Kier molecular flexibility index (Phi) is 5.43. The Morgan fingerprint density at radius 1 is 1.23 bits per heavy atom. The van der Waals surface area contributed by atoms with Gasteiger partial charge in [0.15, 0.2) is 0 Å². The molecule has 0 spiro atoms. The van der Waals surface area contributed by atoms with Crippen molar-refractivity contribution in [1.29, 1.82) is 0 Å². The van der Waals surface area contributed by atoms with Crippen molar-refractivity contribution < 1.29 is 9.18 Å². The van der Waals surface area contributed by atoms with Gasteiger partial charge in [-0.1, -0.05) is 41.9 Å². The second-order valence-corrected chi connectivity index (χ2v) is 6.00. The normalized spacial score (nSPS) is 11.0. The molecule has 7 heteroatoms. The van der Waals surface area contributed by atoms with Crippen LogP contribution < -0.4 is 5.43 Å². The van der Waals surface area contributed by atoms with Gasteiger partial charge in [0.1, 0.15) is 11.0 Å². The first-order valence-electron chi connectivity index (χ1n) is 7.90. The zero-order valence-electron chi connectivity index (χ0n) is 14.0. The van der Waals surface area contributed by atoms with E-state index in [1.54, 1.807) is 4.68 Å². The van der Waals surface area contributed by atoms with Crippen LogP contribution in [0.15, 0.2) is 59.7 Å². The molecule has 132 valence electrons. The molecule has 2 aromatic carbocycles. The third kappa shape index (κ3) is 4.15. The number of halogens is 2. The van der Waals surface area contributed by atoms with E-state index in [-0.39, 0.29) is 0 Å². The molecule has 1 N–H and O–H groups in total. The fraction of sp³-hybridized carbons (Fsp3) is 0.105. The number of amides is 1. The van der Waals surface area contributed by atoms with Crippen molar-refractivity contribution in [3.05, 3.63) is 88.0 Å². The zero-order valence-corrected chi connectivity index (χ0v) is 14.7. The van der Waals surface area contributed by atoms with Crippen molar-refractivity contribution in [3.8, 4) is 0 Å². The van der Waals surface area contributed by atoms with Crippen LogP contribution >= 0.6 is 11.6 Å². The largest absolute Gasteiger partial charge is 0.271 e. The average Bonchev–Trinajstić information content (AvgIpc) is 2.90. The molecule has 0 saturated carbocycles. The van der Waals surface area contributed by atoms with Crippen LogP contribution in [0.3, 0.4) is 0 Å². The monoisotopic (exact) mass is 370 g/mol. The molecule has 26 heavy (non-hydrogen) atoms. The molecule has 3 rings (SSSR count). The number of hydrazone groups is 1. The molecule has 5 nitrogen and oxygen atoms in total. The number of hydrogen-bond acceptors (Lipinski definition) is 3. The average molecular weight is 371 g/mol. The summed E-state index contributed by atoms with van der Waals surface area (Å²) in [5.74, 6) is -0.843. The van der Waals surface area contributed by atoms with Crippen molar-refractivity contribution in [3.63, 3.8) is 0 Å². The highest BCUT2D eigenvalue weighted by Gasteiger charge is 2.12. The second-order valence-electron chi connectivity index (χ2n) is 5.64. The molecule has 1 heterocycles. The molecule has 0 aliphatic heterocycles. The van der Waals surface area contributed by atoms with Crippen molar-refractivity contribution >= 4 is 23.7 Å². The maximum atomic E-state index is 12.9. The van der Waals surface area contributed by atoms with Gasteiger partial charge in [-0.05, 0) is 36.8 Å². The number of carbonyl (C=O) groups is 1. The summed E-state index contributed by atoms with van der Waals surface area (Å²) in [7, 11) is 0. The van der Waals surface area contributed by atoms with E-state index in [4.69, 9.17) is 11.6 Å². The number of rotatable bonds is 5. The molecule has 0 fully saturated rings. The van der Waals surface area contributed by atoms with Crippen LogP contribution in [0.2, 0.25) is 5.15 Å². The van der Waals surface area contributed by atoms with E-state index in [0.717, 1.165) is 5.56 Å². The van der Waals surface area contributed by atoms with Gasteiger partial charge >= 0.3 is 0 Å². The number of carbonyl (C=O) groups excluding carboxylic acids is 1. The number of hydrogen-bond donors (Lipinski definition) is 1. The zero-order chi connectivity index (χ0) is 18.5. The lowest BCUT2D eigenvalue weighted by Crippen LogP contribution is -2.17. The molecule has 0 unspecified atom stereocenters. The van der Waals surface area contributed by atoms with Gasteiger partial charge in [0.2, 0.25) is 0 Å². The van der Waals surface area contributed by atoms with Crippen LogP contribution in [0, 0.1) is 12.7 Å². The van der Waals surface area contributed by atoms with E-state index >= 15 is 0 Å². The summed E-state index contributed by atoms with van der Waals surface area (Å²) < 4.78 is 14.6. The number of aryl methyl sites for hydroxylation is 1. The molecule has 0 aliphatic rings. The SMILES string of the molecule is Cc1nn(Cc2ccccc2)c(Cl)c1/C=N/NC(=O)c1ccc(F)cc1. The van der Waals surface area contributed by atoms with Crippen molar-refractivity contribution in [2.45, 2.75) is 13.5 Å². The van der Waals surface area contributed by atoms with E-state index in [1.807, 2.05) is 37.3 Å². The summed E-state index contributed by atoms with van der Waals surface area (Å²) in [5, 5.41) is 8.77. The smallest absolute Gasteiger partial charge is 0.267 e. The Morgan fingerprint density at radius 3 is 2.62 bits per heavy atom. The van der Waals surface area contributed by atoms with E-state index in [9.17, 15) is 9.18 Å². The molecule has 0 radical (unpaired) electrons. The standard InChI is InChI=1S/C19H16ClFN4O/c1-13-17(11-22-23-19(26)15-7-9-16(21)10-8-15)18(20)25(24-13)12-14-5-3-2-4-6-14/h2-11H,12H2,1H3,(H,23,26)/b22-11+. The quantitative estimate of drug-likeness (QED) is 0.548. The fourth-order valence-electron chi connectivity index (χ4n) is 2.40. The third-order valence-corrected chi connectivity index (χ3v) is 4.15. The molecule has 1 amide bonds. The number of nitrogens with zero attached hydrogens (tertiary/aromatic N) is 3. The Hall–Kier alpha value is -2.99. The van der Waals surface area contributed by atoms with Gasteiger partial charge in [-0.25, -0.2) is 14.5 Å². The van der Waals surface area contributed by atoms with Crippen molar-refractivity contribution in [2.75, 3.05) is 0 Å². The van der Waals surface area contributed by atoms with Gasteiger partial charge in [0.05, 0.1) is 24.0 Å². The summed E-state index contributed by atoms with van der Waals surface area (Å²) in [6, 6.07) is 15.0. The van der Waals surface area contributed by atoms with Crippen LogP contribution in [0.25, 0.3) is 0 Å². The van der Waals surface area contributed by atoms with Crippen molar-refractivity contribution in [2.24, 2.45) is 5.10 Å².